The maximum absolute atomic E-state index is 10.8. The zero-order valence-corrected chi connectivity index (χ0v) is 13.5. The lowest BCUT2D eigenvalue weighted by Crippen LogP contribution is -2.02. The standard InChI is InChI=1S/C8H18O4S5/c9-16(10)7-3-1-5-14-15-6-2-4-8-17(11,12)13/h1-8H2,(H,9,10)(H,11,12,13). The van der Waals surface area contributed by atoms with Crippen molar-refractivity contribution in [3.63, 3.8) is 0 Å². The Morgan fingerprint density at radius 2 is 1.65 bits per heavy atom. The smallest absolute Gasteiger partial charge is 0.152 e. The Labute approximate surface area is 118 Å². The van der Waals surface area contributed by atoms with E-state index in [4.69, 9.17) is 9.11 Å². The molecule has 0 rings (SSSR count). The van der Waals surface area contributed by atoms with E-state index in [2.05, 4.69) is 11.2 Å². The molecule has 0 saturated carbocycles. The predicted molar refractivity (Wildman–Crippen MR) is 82.0 cm³/mol. The molecule has 0 saturated heterocycles. The minimum atomic E-state index is -2.97. The summed E-state index contributed by atoms with van der Waals surface area (Å²) in [6.45, 7) is 0. The van der Waals surface area contributed by atoms with E-state index in [1.807, 2.05) is 0 Å². The van der Waals surface area contributed by atoms with Crippen LogP contribution in [0.15, 0.2) is 0 Å². The number of unbranched alkanes of at least 4 members (excludes halogenated alkanes) is 2. The fourth-order valence-electron chi connectivity index (χ4n) is 0.950. The fraction of sp³-hybridized carbons (Fsp3) is 1.00. The van der Waals surface area contributed by atoms with E-state index >= 15 is 0 Å². The molecule has 0 aromatic rings. The summed E-state index contributed by atoms with van der Waals surface area (Å²) in [5, 5.41) is 0. The maximum Gasteiger partial charge on any atom is 0.152 e. The average Bonchev–Trinajstić information content (AvgIpc) is 2.18. The van der Waals surface area contributed by atoms with Crippen molar-refractivity contribution in [1.29, 1.82) is 0 Å². The van der Waals surface area contributed by atoms with Crippen LogP contribution in [0.4, 0.5) is 0 Å². The molecule has 0 bridgehead atoms. The molecule has 0 aliphatic heterocycles. The number of rotatable bonds is 11. The molecular weight excluding hydrogens is 320 g/mol. The quantitative estimate of drug-likeness (QED) is 0.340. The van der Waals surface area contributed by atoms with Crippen LogP contribution in [0.1, 0.15) is 25.7 Å². The zero-order chi connectivity index (χ0) is 13.1. The molecule has 4 nitrogen and oxygen atoms in total. The first-order chi connectivity index (χ1) is 7.92. The second kappa shape index (κ2) is 11.0. The Kier molecular flexibility index (Phi) is 11.7. The molecule has 2 unspecified atom stereocenters. The second-order valence-corrected chi connectivity index (χ2v) is 10.3. The van der Waals surface area contributed by atoms with Gasteiger partial charge in [-0.3, -0.25) is 0 Å². The summed E-state index contributed by atoms with van der Waals surface area (Å²) in [6.07, 6.45) is 3.31. The average molecular weight is 339 g/mol. The summed E-state index contributed by atoms with van der Waals surface area (Å²) in [5.74, 6) is 2.48. The van der Waals surface area contributed by atoms with E-state index in [0.717, 1.165) is 30.8 Å². The van der Waals surface area contributed by atoms with Crippen LogP contribution in [-0.4, -0.2) is 40.5 Å². The van der Waals surface area contributed by atoms with Gasteiger partial charge in [-0.15, -0.1) is 0 Å². The molecule has 0 aliphatic rings. The monoisotopic (exact) mass is 338 g/mol. The Hall–Kier alpha value is 1.14. The van der Waals surface area contributed by atoms with Crippen LogP contribution in [0.5, 0.6) is 0 Å². The fourth-order valence-corrected chi connectivity index (χ4v) is 4.62. The van der Waals surface area contributed by atoms with Gasteiger partial charge in [0.15, 0.2) is 11.1 Å². The van der Waals surface area contributed by atoms with Crippen molar-refractivity contribution in [3.8, 4) is 0 Å². The predicted octanol–water partition coefficient (Wildman–Crippen LogP) is 2.37. The molecule has 0 spiro atoms. The summed E-state index contributed by atoms with van der Waals surface area (Å²) >= 11 is 2.72. The highest BCUT2D eigenvalue weighted by molar-refractivity contribution is 8.76. The van der Waals surface area contributed by atoms with Crippen molar-refractivity contribution in [2.24, 2.45) is 0 Å². The summed E-state index contributed by atoms with van der Waals surface area (Å²) < 4.78 is 38.5. The molecule has 2 N–H and O–H groups in total. The minimum Gasteiger partial charge on any atom is -0.306 e. The molecule has 0 aromatic carbocycles. The van der Waals surface area contributed by atoms with E-state index in [9.17, 15) is 8.42 Å². The van der Waals surface area contributed by atoms with Crippen LogP contribution in [0.3, 0.4) is 0 Å². The van der Waals surface area contributed by atoms with Crippen LogP contribution in [0, 0.1) is 0 Å². The van der Waals surface area contributed by atoms with Gasteiger partial charge in [0.1, 0.15) is 8.77 Å². The molecule has 0 aliphatic carbocycles. The molecule has 0 radical (unpaired) electrons. The van der Waals surface area contributed by atoms with Gasteiger partial charge in [-0.2, -0.15) is 0 Å². The van der Waals surface area contributed by atoms with Crippen LogP contribution < -0.4 is 0 Å². The molecule has 0 aromatic heterocycles. The van der Waals surface area contributed by atoms with E-state index in [1.54, 1.807) is 21.6 Å². The van der Waals surface area contributed by atoms with E-state index in [-0.39, 0.29) is 5.75 Å². The van der Waals surface area contributed by atoms with E-state index < -0.39 is 19.9 Å². The van der Waals surface area contributed by atoms with E-state index in [1.165, 1.54) is 0 Å². The molecule has 9 heteroatoms. The van der Waals surface area contributed by atoms with Crippen LogP contribution in [0.25, 0.3) is 0 Å². The molecule has 0 amide bonds. The van der Waals surface area contributed by atoms with Gasteiger partial charge >= 0.3 is 0 Å². The van der Waals surface area contributed by atoms with Crippen molar-refractivity contribution in [2.45, 2.75) is 25.7 Å². The summed E-state index contributed by atoms with van der Waals surface area (Å²) in [4.78, 5) is 0. The normalized spacial score (nSPS) is 16.6. The molecule has 0 fully saturated rings. The SMILES string of the molecule is O=S(O)CCCCSSCCCCS(=O)(O)=S. The Morgan fingerprint density at radius 3 is 2.12 bits per heavy atom. The Morgan fingerprint density at radius 1 is 1.12 bits per heavy atom. The van der Waals surface area contributed by atoms with Gasteiger partial charge in [-0.1, -0.05) is 21.6 Å². The lowest BCUT2D eigenvalue weighted by Gasteiger charge is -2.01. The van der Waals surface area contributed by atoms with Gasteiger partial charge in [-0.25, -0.2) is 8.42 Å². The third-order valence-corrected chi connectivity index (χ3v) is 6.28. The highest BCUT2D eigenvalue weighted by atomic mass is 33.1. The highest BCUT2D eigenvalue weighted by Gasteiger charge is 2.00. The Bertz CT molecular complexity index is 303. The molecule has 17 heavy (non-hydrogen) atoms. The minimum absolute atomic E-state index is 0.204. The van der Waals surface area contributed by atoms with Crippen molar-refractivity contribution in [3.05, 3.63) is 0 Å². The highest BCUT2D eigenvalue weighted by Crippen LogP contribution is 2.23. The third kappa shape index (κ3) is 17.1. The van der Waals surface area contributed by atoms with Crippen molar-refractivity contribution >= 4 is 52.6 Å². The molecule has 104 valence electrons. The first-order valence-electron chi connectivity index (χ1n) is 5.19. The number of hydrogen-bond donors (Lipinski definition) is 2. The van der Waals surface area contributed by atoms with Gasteiger partial charge in [0, 0.05) is 34.2 Å². The zero-order valence-electron chi connectivity index (χ0n) is 9.41. The van der Waals surface area contributed by atoms with Crippen molar-refractivity contribution in [2.75, 3.05) is 23.0 Å². The van der Waals surface area contributed by atoms with Gasteiger partial charge < -0.3 is 9.11 Å². The van der Waals surface area contributed by atoms with Crippen LogP contribution in [0.2, 0.25) is 0 Å². The molecular formula is C8H18O4S5. The van der Waals surface area contributed by atoms with Gasteiger partial charge in [0.2, 0.25) is 0 Å². The summed E-state index contributed by atoms with van der Waals surface area (Å²) in [5.41, 5.74) is 0. The maximum atomic E-state index is 10.8. The van der Waals surface area contributed by atoms with Crippen LogP contribution in [-0.2, 0) is 31.0 Å². The first kappa shape index (κ1) is 18.1. The van der Waals surface area contributed by atoms with Crippen molar-refractivity contribution in [1.82, 2.24) is 0 Å². The first-order valence-corrected chi connectivity index (χ1v) is 11.6. The Balaban J connectivity index is 3.11. The lowest BCUT2D eigenvalue weighted by molar-refractivity contribution is 0.558. The third-order valence-electron chi connectivity index (χ3n) is 1.76. The summed E-state index contributed by atoms with van der Waals surface area (Å²) in [6, 6.07) is 0. The van der Waals surface area contributed by atoms with Gasteiger partial charge in [0.05, 0.1) is 0 Å². The van der Waals surface area contributed by atoms with Gasteiger partial charge in [0.25, 0.3) is 0 Å². The van der Waals surface area contributed by atoms with E-state index in [0.29, 0.717) is 12.2 Å². The van der Waals surface area contributed by atoms with Gasteiger partial charge in [-0.05, 0) is 25.7 Å². The summed E-state index contributed by atoms with van der Waals surface area (Å²) in [7, 11) is 0.499. The molecule has 0 heterocycles. The number of hydrogen-bond acceptors (Lipinski definition) is 5. The lowest BCUT2D eigenvalue weighted by atomic mass is 10.4. The largest absolute Gasteiger partial charge is 0.306 e. The topological polar surface area (TPSA) is 74.6 Å². The van der Waals surface area contributed by atoms with Crippen molar-refractivity contribution < 1.29 is 17.5 Å². The second-order valence-electron chi connectivity index (χ2n) is 3.37. The molecule has 2 atom stereocenters. The van der Waals surface area contributed by atoms with Crippen LogP contribution >= 0.6 is 21.6 Å².